The minimum Gasteiger partial charge on any atom is -0.448 e. The van der Waals surface area contributed by atoms with Crippen LogP contribution in [0.25, 0.3) is 10.9 Å². The summed E-state index contributed by atoms with van der Waals surface area (Å²) in [5.74, 6) is 5.13. The predicted molar refractivity (Wildman–Crippen MR) is 80.6 cm³/mol. The molecule has 0 radical (unpaired) electrons. The van der Waals surface area contributed by atoms with Gasteiger partial charge in [-0.3, -0.25) is 15.2 Å². The van der Waals surface area contributed by atoms with Gasteiger partial charge in [-0.1, -0.05) is 13.8 Å². The highest BCUT2D eigenvalue weighted by molar-refractivity contribution is 6.01. The number of ether oxygens (including phenoxy) is 1. The zero-order valence-corrected chi connectivity index (χ0v) is 13.1. The van der Waals surface area contributed by atoms with E-state index < -0.39 is 34.3 Å². The maximum absolute atomic E-state index is 13.0. The molecule has 0 spiro atoms. The second-order valence-corrected chi connectivity index (χ2v) is 5.56. The van der Waals surface area contributed by atoms with Crippen molar-refractivity contribution in [3.8, 4) is 0 Å². The third-order valence-electron chi connectivity index (χ3n) is 3.12. The average molecular weight is 361 g/mol. The molecule has 2 rings (SSSR count). The van der Waals surface area contributed by atoms with Crippen LogP contribution >= 0.6 is 0 Å². The van der Waals surface area contributed by atoms with Crippen molar-refractivity contribution < 1.29 is 27.6 Å². The number of aromatic amines is 1. The summed E-state index contributed by atoms with van der Waals surface area (Å²) >= 11 is 0. The molecule has 0 fully saturated rings. The number of rotatable bonds is 4. The first-order chi connectivity index (χ1) is 11.5. The first-order valence-corrected chi connectivity index (χ1v) is 6.97. The zero-order valence-electron chi connectivity index (χ0n) is 13.1. The van der Waals surface area contributed by atoms with Crippen molar-refractivity contribution in [2.24, 2.45) is 11.8 Å². The van der Waals surface area contributed by atoms with Crippen molar-refractivity contribution in [1.82, 2.24) is 10.2 Å². The van der Waals surface area contributed by atoms with Gasteiger partial charge in [0.15, 0.2) is 5.82 Å². The lowest BCUT2D eigenvalue weighted by Crippen LogP contribution is -2.39. The quantitative estimate of drug-likeness (QED) is 0.373. The van der Waals surface area contributed by atoms with Crippen molar-refractivity contribution in [3.05, 3.63) is 27.8 Å². The average Bonchev–Trinajstić information content (AvgIpc) is 2.93. The second-order valence-electron chi connectivity index (χ2n) is 5.56. The zero-order chi connectivity index (χ0) is 18.9. The number of hydrogen-bond acceptors (Lipinski definition) is 6. The molecule has 0 saturated heterocycles. The number of aromatic nitrogens is 2. The Hall–Kier alpha value is -2.89. The number of amides is 1. The monoisotopic (exact) mass is 361 g/mol. The van der Waals surface area contributed by atoms with Gasteiger partial charge >= 0.3 is 12.3 Å². The number of nitro benzene ring substituents is 1. The van der Waals surface area contributed by atoms with Gasteiger partial charge in [-0.2, -0.15) is 23.3 Å². The highest BCUT2D eigenvalue weighted by Gasteiger charge is 2.35. The maximum atomic E-state index is 13.0. The number of halogens is 3. The van der Waals surface area contributed by atoms with E-state index in [2.05, 4.69) is 10.2 Å². The summed E-state index contributed by atoms with van der Waals surface area (Å²) < 4.78 is 43.8. The number of nitrogens with two attached hydrogens (primary N) is 1. The van der Waals surface area contributed by atoms with Crippen LogP contribution in [-0.2, 0) is 10.9 Å². The molecule has 0 bridgehead atoms. The van der Waals surface area contributed by atoms with Crippen molar-refractivity contribution in [2.45, 2.75) is 20.0 Å². The first kappa shape index (κ1) is 18.4. The largest absolute Gasteiger partial charge is 0.448 e. The van der Waals surface area contributed by atoms with Crippen LogP contribution in [0.3, 0.4) is 0 Å². The SMILES string of the molecule is CC(C)COC(=O)N(N)c1n[nH]c2c([N+](=O)[O-])cc(C(F)(F)F)cc12. The van der Waals surface area contributed by atoms with Crippen LogP contribution in [0, 0.1) is 16.0 Å². The van der Waals surface area contributed by atoms with Crippen LogP contribution in [0.4, 0.5) is 29.5 Å². The number of anilines is 1. The molecule has 0 atom stereocenters. The molecule has 0 unspecified atom stereocenters. The Kier molecular flexibility index (Phi) is 4.83. The molecule has 1 heterocycles. The first-order valence-electron chi connectivity index (χ1n) is 6.97. The van der Waals surface area contributed by atoms with Crippen LogP contribution in [0.2, 0.25) is 0 Å². The molecule has 0 aliphatic carbocycles. The van der Waals surface area contributed by atoms with Gasteiger partial charge in [-0.15, -0.1) is 0 Å². The van der Waals surface area contributed by atoms with Crippen molar-refractivity contribution in [3.63, 3.8) is 0 Å². The fourth-order valence-electron chi connectivity index (χ4n) is 1.97. The molecule has 1 amide bonds. The number of hydrogen-bond donors (Lipinski definition) is 2. The summed E-state index contributed by atoms with van der Waals surface area (Å²) in [5, 5.41) is 16.9. The Morgan fingerprint density at radius 2 is 2.12 bits per heavy atom. The van der Waals surface area contributed by atoms with E-state index in [1.165, 1.54) is 0 Å². The van der Waals surface area contributed by atoms with Crippen molar-refractivity contribution in [1.29, 1.82) is 0 Å². The van der Waals surface area contributed by atoms with E-state index in [1.54, 1.807) is 13.8 Å². The number of nitro groups is 1. The molecule has 2 aromatic rings. The number of H-pyrrole nitrogens is 1. The lowest BCUT2D eigenvalue weighted by atomic mass is 10.1. The van der Waals surface area contributed by atoms with Crippen molar-refractivity contribution >= 4 is 28.5 Å². The Labute approximate surface area is 138 Å². The number of benzene rings is 1. The number of alkyl halides is 3. The van der Waals surface area contributed by atoms with Crippen LogP contribution < -0.4 is 10.9 Å². The summed E-state index contributed by atoms with van der Waals surface area (Å²) in [6.07, 6.45) is -5.88. The molecular formula is C13H14F3N5O4. The summed E-state index contributed by atoms with van der Waals surface area (Å²) in [4.78, 5) is 21.9. The van der Waals surface area contributed by atoms with E-state index in [4.69, 9.17) is 10.6 Å². The van der Waals surface area contributed by atoms with Gasteiger partial charge in [0.1, 0.15) is 5.52 Å². The lowest BCUT2D eigenvalue weighted by molar-refractivity contribution is -0.383. The number of nitrogens with one attached hydrogen (secondary N) is 1. The molecule has 0 aliphatic rings. The van der Waals surface area contributed by atoms with Crippen LogP contribution in [-0.4, -0.2) is 27.8 Å². The minimum absolute atomic E-state index is 0.00574. The molecular weight excluding hydrogens is 347 g/mol. The Morgan fingerprint density at radius 1 is 1.48 bits per heavy atom. The highest BCUT2D eigenvalue weighted by atomic mass is 19.4. The molecule has 9 nitrogen and oxygen atoms in total. The Balaban J connectivity index is 2.53. The maximum Gasteiger partial charge on any atom is 0.430 e. The van der Waals surface area contributed by atoms with Crippen LogP contribution in [0.1, 0.15) is 19.4 Å². The molecule has 0 aliphatic heterocycles. The number of hydrazine groups is 1. The number of fused-ring (bicyclic) bond motifs is 1. The van der Waals surface area contributed by atoms with E-state index in [1.807, 2.05) is 0 Å². The molecule has 12 heteroatoms. The third kappa shape index (κ3) is 3.79. The number of nitrogens with zero attached hydrogens (tertiary/aromatic N) is 3. The fourth-order valence-corrected chi connectivity index (χ4v) is 1.97. The predicted octanol–water partition coefficient (Wildman–Crippen LogP) is 2.96. The fraction of sp³-hybridized carbons (Fsp3) is 0.385. The lowest BCUT2D eigenvalue weighted by Gasteiger charge is -2.15. The second kappa shape index (κ2) is 6.55. The Bertz CT molecular complexity index is 818. The third-order valence-corrected chi connectivity index (χ3v) is 3.12. The standard InChI is InChI=1S/C13H14F3N5O4/c1-6(2)5-25-12(22)20(17)11-8-3-7(13(14,15)16)4-9(21(23)24)10(8)18-19-11/h3-4,6H,5,17H2,1-2H3,(H,18,19). The van der Waals surface area contributed by atoms with Gasteiger partial charge < -0.3 is 4.74 Å². The van der Waals surface area contributed by atoms with Gasteiger partial charge in [0, 0.05) is 6.07 Å². The number of carbonyl (C=O) groups excluding carboxylic acids is 1. The van der Waals surface area contributed by atoms with E-state index in [9.17, 15) is 28.1 Å². The molecule has 3 N–H and O–H groups in total. The Morgan fingerprint density at radius 3 is 2.64 bits per heavy atom. The molecule has 25 heavy (non-hydrogen) atoms. The topological polar surface area (TPSA) is 127 Å². The van der Waals surface area contributed by atoms with Gasteiger partial charge in [0.2, 0.25) is 0 Å². The normalized spacial score (nSPS) is 11.8. The highest BCUT2D eigenvalue weighted by Crippen LogP contribution is 2.38. The summed E-state index contributed by atoms with van der Waals surface area (Å²) in [7, 11) is 0. The summed E-state index contributed by atoms with van der Waals surface area (Å²) in [6, 6.07) is 0.999. The van der Waals surface area contributed by atoms with Crippen LogP contribution in [0.5, 0.6) is 0 Å². The van der Waals surface area contributed by atoms with E-state index in [0.29, 0.717) is 17.1 Å². The van der Waals surface area contributed by atoms with E-state index in [0.717, 1.165) is 0 Å². The number of non-ortho nitro benzene ring substituents is 1. The minimum atomic E-state index is -4.83. The molecule has 0 saturated carbocycles. The summed E-state index contributed by atoms with van der Waals surface area (Å²) in [5.41, 5.74) is -2.40. The van der Waals surface area contributed by atoms with E-state index >= 15 is 0 Å². The van der Waals surface area contributed by atoms with Gasteiger partial charge in [0.25, 0.3) is 5.69 Å². The smallest absolute Gasteiger partial charge is 0.430 e. The molecule has 1 aromatic heterocycles. The summed E-state index contributed by atoms with van der Waals surface area (Å²) in [6.45, 7) is 3.58. The molecule has 136 valence electrons. The van der Waals surface area contributed by atoms with E-state index in [-0.39, 0.29) is 23.4 Å². The number of carbonyl (C=O) groups is 1. The van der Waals surface area contributed by atoms with Gasteiger partial charge in [-0.25, -0.2) is 10.6 Å². The van der Waals surface area contributed by atoms with Gasteiger partial charge in [-0.05, 0) is 12.0 Å². The van der Waals surface area contributed by atoms with Crippen LogP contribution in [0.15, 0.2) is 12.1 Å². The van der Waals surface area contributed by atoms with Crippen molar-refractivity contribution in [2.75, 3.05) is 11.6 Å². The molecule has 1 aromatic carbocycles. The van der Waals surface area contributed by atoms with Gasteiger partial charge in [0.05, 0.1) is 22.5 Å².